The number of carbonyl (C=O) groups excluding carboxylic acids is 1. The number of methoxy groups -OCH3 is 1. The number of nitriles is 1. The Labute approximate surface area is 120 Å². The molecule has 0 atom stereocenters. The lowest BCUT2D eigenvalue weighted by molar-refractivity contribution is -0.135. The average Bonchev–Trinajstić information content (AvgIpc) is 2.93. The summed E-state index contributed by atoms with van der Waals surface area (Å²) >= 11 is 5.82. The van der Waals surface area contributed by atoms with Gasteiger partial charge in [0.15, 0.2) is 0 Å². The molecule has 0 fully saturated rings. The fraction of sp³-hybridized carbons (Fsp3) is 0.0667. The molecule has 4 nitrogen and oxygen atoms in total. The molecule has 2 rings (SSSR count). The number of nitrogens with zero attached hydrogens (tertiary/aromatic N) is 1. The van der Waals surface area contributed by atoms with Crippen molar-refractivity contribution in [1.29, 1.82) is 5.26 Å². The summed E-state index contributed by atoms with van der Waals surface area (Å²) in [4.78, 5) is 11.3. The van der Waals surface area contributed by atoms with Gasteiger partial charge in [-0.1, -0.05) is 11.6 Å². The highest BCUT2D eigenvalue weighted by Crippen LogP contribution is 2.24. The van der Waals surface area contributed by atoms with Gasteiger partial charge < -0.3 is 9.15 Å². The second-order valence-corrected chi connectivity index (χ2v) is 4.31. The highest BCUT2D eigenvalue weighted by Gasteiger charge is 2.10. The van der Waals surface area contributed by atoms with E-state index in [0.29, 0.717) is 16.5 Å². The Morgan fingerprint density at radius 1 is 1.30 bits per heavy atom. The fourth-order valence-corrected chi connectivity index (χ4v) is 1.71. The van der Waals surface area contributed by atoms with E-state index in [-0.39, 0.29) is 5.57 Å². The van der Waals surface area contributed by atoms with E-state index >= 15 is 0 Å². The molecule has 0 aliphatic heterocycles. The Morgan fingerprint density at radius 2 is 2.00 bits per heavy atom. The first kappa shape index (κ1) is 13.9. The Balaban J connectivity index is 2.29. The Hall–Kier alpha value is -2.51. The van der Waals surface area contributed by atoms with Crippen LogP contribution >= 0.6 is 11.6 Å². The van der Waals surface area contributed by atoms with Crippen molar-refractivity contribution < 1.29 is 13.9 Å². The number of carbonyl (C=O) groups is 1. The maximum Gasteiger partial charge on any atom is 0.348 e. The number of halogens is 1. The molecule has 0 saturated heterocycles. The monoisotopic (exact) mass is 287 g/mol. The smallest absolute Gasteiger partial charge is 0.348 e. The van der Waals surface area contributed by atoms with Crippen molar-refractivity contribution in [1.82, 2.24) is 0 Å². The zero-order chi connectivity index (χ0) is 14.5. The lowest BCUT2D eigenvalue weighted by Crippen LogP contribution is -2.02. The first-order chi connectivity index (χ1) is 9.63. The molecular formula is C15H10ClNO3. The third kappa shape index (κ3) is 3.08. The molecule has 100 valence electrons. The summed E-state index contributed by atoms with van der Waals surface area (Å²) in [5.74, 6) is 0.323. The molecule has 2 aromatic rings. The summed E-state index contributed by atoms with van der Waals surface area (Å²) in [6.45, 7) is 0. The van der Waals surface area contributed by atoms with Gasteiger partial charge in [-0.2, -0.15) is 5.26 Å². The molecule has 5 heteroatoms. The maximum absolute atomic E-state index is 11.3. The average molecular weight is 288 g/mol. The molecule has 0 spiro atoms. The van der Waals surface area contributed by atoms with Gasteiger partial charge in [0.1, 0.15) is 23.2 Å². The summed E-state index contributed by atoms with van der Waals surface area (Å²) in [6.07, 6.45) is 1.34. The molecule has 20 heavy (non-hydrogen) atoms. The largest absolute Gasteiger partial charge is 0.465 e. The number of ether oxygens (including phenoxy) is 1. The topological polar surface area (TPSA) is 63.2 Å². The van der Waals surface area contributed by atoms with Crippen LogP contribution < -0.4 is 0 Å². The number of benzene rings is 1. The molecule has 0 bridgehead atoms. The molecule has 1 aromatic heterocycles. The van der Waals surface area contributed by atoms with Crippen molar-refractivity contribution in [3.63, 3.8) is 0 Å². The zero-order valence-electron chi connectivity index (χ0n) is 10.6. The van der Waals surface area contributed by atoms with E-state index in [2.05, 4.69) is 4.74 Å². The molecule has 0 N–H and O–H groups in total. The van der Waals surface area contributed by atoms with Crippen LogP contribution in [0.2, 0.25) is 5.02 Å². The zero-order valence-corrected chi connectivity index (χ0v) is 11.3. The summed E-state index contributed by atoms with van der Waals surface area (Å²) in [7, 11) is 1.22. The molecule has 0 aliphatic carbocycles. The van der Waals surface area contributed by atoms with E-state index in [9.17, 15) is 4.79 Å². The number of hydrogen-bond acceptors (Lipinski definition) is 4. The van der Waals surface area contributed by atoms with E-state index in [4.69, 9.17) is 21.3 Å². The minimum atomic E-state index is -0.697. The van der Waals surface area contributed by atoms with Crippen molar-refractivity contribution in [3.8, 4) is 17.4 Å². The molecule has 0 radical (unpaired) electrons. The summed E-state index contributed by atoms with van der Waals surface area (Å²) < 4.78 is 10.1. The highest BCUT2D eigenvalue weighted by molar-refractivity contribution is 6.30. The van der Waals surface area contributed by atoms with E-state index in [0.717, 1.165) is 5.56 Å². The van der Waals surface area contributed by atoms with Gasteiger partial charge in [-0.15, -0.1) is 0 Å². The van der Waals surface area contributed by atoms with Crippen LogP contribution in [0.15, 0.2) is 46.4 Å². The van der Waals surface area contributed by atoms with Crippen molar-refractivity contribution in [2.24, 2.45) is 0 Å². The maximum atomic E-state index is 11.3. The van der Waals surface area contributed by atoms with Crippen LogP contribution in [0.4, 0.5) is 0 Å². The van der Waals surface area contributed by atoms with Gasteiger partial charge in [-0.25, -0.2) is 4.79 Å². The molecule has 1 aromatic carbocycles. The summed E-state index contributed by atoms with van der Waals surface area (Å²) in [5.41, 5.74) is 0.732. The predicted molar refractivity (Wildman–Crippen MR) is 74.8 cm³/mol. The van der Waals surface area contributed by atoms with Gasteiger partial charge in [0.25, 0.3) is 0 Å². The molecule has 0 amide bonds. The number of hydrogen-bond donors (Lipinski definition) is 0. The SMILES string of the molecule is COC(=O)/C(C#N)=C/c1ccc(-c2ccc(Cl)cc2)o1. The van der Waals surface area contributed by atoms with E-state index in [1.807, 2.05) is 12.1 Å². The molecule has 0 aliphatic rings. The fourth-order valence-electron chi connectivity index (χ4n) is 1.59. The molecule has 1 heterocycles. The van der Waals surface area contributed by atoms with Crippen LogP contribution in [0.1, 0.15) is 5.76 Å². The van der Waals surface area contributed by atoms with Gasteiger partial charge in [-0.3, -0.25) is 0 Å². The van der Waals surface area contributed by atoms with Crippen molar-refractivity contribution in [2.45, 2.75) is 0 Å². The standard InChI is InChI=1S/C15H10ClNO3/c1-19-15(18)11(9-17)8-13-6-7-14(20-13)10-2-4-12(16)5-3-10/h2-8H,1H3/b11-8+. The van der Waals surface area contributed by atoms with Crippen LogP contribution in [0.5, 0.6) is 0 Å². The number of esters is 1. The number of furan rings is 1. The van der Waals surface area contributed by atoms with E-state index in [1.54, 1.807) is 30.3 Å². The Morgan fingerprint density at radius 3 is 2.60 bits per heavy atom. The quantitative estimate of drug-likeness (QED) is 0.491. The lowest BCUT2D eigenvalue weighted by atomic mass is 10.2. The van der Waals surface area contributed by atoms with Crippen LogP contribution in [0, 0.1) is 11.3 Å². The van der Waals surface area contributed by atoms with Crippen molar-refractivity contribution >= 4 is 23.6 Å². The van der Waals surface area contributed by atoms with Crippen LogP contribution in [-0.2, 0) is 9.53 Å². The highest BCUT2D eigenvalue weighted by atomic mass is 35.5. The third-order valence-electron chi connectivity index (χ3n) is 2.57. The Bertz CT molecular complexity index is 693. The van der Waals surface area contributed by atoms with Gasteiger partial charge >= 0.3 is 5.97 Å². The van der Waals surface area contributed by atoms with Gasteiger partial charge in [0.2, 0.25) is 0 Å². The summed E-state index contributed by atoms with van der Waals surface area (Å²) in [5, 5.41) is 9.50. The molecule has 0 saturated carbocycles. The third-order valence-corrected chi connectivity index (χ3v) is 2.82. The van der Waals surface area contributed by atoms with Gasteiger partial charge in [-0.05, 0) is 36.4 Å². The van der Waals surface area contributed by atoms with Gasteiger partial charge in [0, 0.05) is 16.7 Å². The lowest BCUT2D eigenvalue weighted by Gasteiger charge is -1.97. The van der Waals surface area contributed by atoms with Crippen molar-refractivity contribution in [2.75, 3.05) is 7.11 Å². The second kappa shape index (κ2) is 6.09. The normalized spacial score (nSPS) is 10.9. The van der Waals surface area contributed by atoms with Crippen molar-refractivity contribution in [3.05, 3.63) is 52.8 Å². The predicted octanol–water partition coefficient (Wildman–Crippen LogP) is 3.68. The van der Waals surface area contributed by atoms with Crippen LogP contribution in [0.3, 0.4) is 0 Å². The van der Waals surface area contributed by atoms with Crippen LogP contribution in [0.25, 0.3) is 17.4 Å². The Kier molecular flexibility index (Phi) is 4.24. The first-order valence-electron chi connectivity index (χ1n) is 5.70. The van der Waals surface area contributed by atoms with Gasteiger partial charge in [0.05, 0.1) is 7.11 Å². The number of rotatable bonds is 3. The minimum absolute atomic E-state index is 0.121. The van der Waals surface area contributed by atoms with E-state index in [1.165, 1.54) is 13.2 Å². The molecular weight excluding hydrogens is 278 g/mol. The van der Waals surface area contributed by atoms with Crippen LogP contribution in [-0.4, -0.2) is 13.1 Å². The molecule has 0 unspecified atom stereocenters. The first-order valence-corrected chi connectivity index (χ1v) is 6.07. The summed E-state index contributed by atoms with van der Waals surface area (Å²) in [6, 6.07) is 12.3. The minimum Gasteiger partial charge on any atom is -0.465 e. The van der Waals surface area contributed by atoms with E-state index < -0.39 is 5.97 Å². The second-order valence-electron chi connectivity index (χ2n) is 3.87.